The van der Waals surface area contributed by atoms with E-state index in [1.807, 2.05) is 50.2 Å². The van der Waals surface area contributed by atoms with Crippen molar-refractivity contribution in [2.24, 2.45) is 0 Å². The van der Waals surface area contributed by atoms with Crippen molar-refractivity contribution in [2.45, 2.75) is 51.7 Å². The third-order valence-corrected chi connectivity index (χ3v) is 4.76. The van der Waals surface area contributed by atoms with E-state index < -0.39 is 0 Å². The summed E-state index contributed by atoms with van der Waals surface area (Å²) in [5, 5.41) is 3.05. The van der Waals surface area contributed by atoms with Gasteiger partial charge < -0.3 is 10.1 Å². The summed E-state index contributed by atoms with van der Waals surface area (Å²) in [6, 6.07) is 16.0. The van der Waals surface area contributed by atoms with Gasteiger partial charge in [-0.3, -0.25) is 4.79 Å². The van der Waals surface area contributed by atoms with E-state index in [4.69, 9.17) is 4.74 Å². The summed E-state index contributed by atoms with van der Waals surface area (Å²) in [5.74, 6) is -0.0241. The van der Waals surface area contributed by atoms with Crippen molar-refractivity contribution >= 4 is 11.9 Å². The van der Waals surface area contributed by atoms with E-state index >= 15 is 0 Å². The van der Waals surface area contributed by atoms with Crippen LogP contribution in [0.1, 0.15) is 72.6 Å². The molecule has 0 spiro atoms. The molecule has 26 heavy (non-hydrogen) atoms. The number of esters is 1. The Morgan fingerprint density at radius 1 is 1.00 bits per heavy atom. The lowest BCUT2D eigenvalue weighted by Crippen LogP contribution is -2.30. The van der Waals surface area contributed by atoms with E-state index in [1.54, 1.807) is 6.92 Å². The van der Waals surface area contributed by atoms with Gasteiger partial charge in [-0.1, -0.05) is 36.4 Å². The Labute approximate surface area is 154 Å². The van der Waals surface area contributed by atoms with Crippen molar-refractivity contribution in [3.05, 3.63) is 70.8 Å². The summed E-state index contributed by atoms with van der Waals surface area (Å²) in [7, 11) is 0. The average molecular weight is 351 g/mol. The van der Waals surface area contributed by atoms with E-state index in [0.717, 1.165) is 12.8 Å². The number of carbonyl (C=O) groups excluding carboxylic acids is 2. The lowest BCUT2D eigenvalue weighted by molar-refractivity contribution is -0.119. The molecule has 2 atom stereocenters. The topological polar surface area (TPSA) is 55.4 Å². The van der Waals surface area contributed by atoms with E-state index in [0.29, 0.717) is 5.56 Å². The monoisotopic (exact) mass is 351 g/mol. The molecule has 0 saturated carbocycles. The van der Waals surface area contributed by atoms with Crippen LogP contribution in [0.5, 0.6) is 0 Å². The second-order valence-electron chi connectivity index (χ2n) is 7.09. The molecule has 0 bridgehead atoms. The zero-order chi connectivity index (χ0) is 18.7. The molecular weight excluding hydrogens is 326 g/mol. The molecule has 1 amide bonds. The standard InChI is InChI=1S/C22H25NO3/c1-14(2)26-22(25)17-10-8-16(9-11-17)18-12-13-21(23-15(3)24)20-7-5-4-6-19(18)20/h4-11,14,18,21H,12-13H2,1-3H3,(H,23,24)/t18-,21-/m1/s1. The van der Waals surface area contributed by atoms with E-state index in [1.165, 1.54) is 16.7 Å². The fourth-order valence-corrected chi connectivity index (χ4v) is 3.67. The van der Waals surface area contributed by atoms with E-state index in [2.05, 4.69) is 17.4 Å². The highest BCUT2D eigenvalue weighted by molar-refractivity contribution is 5.89. The molecule has 4 nitrogen and oxygen atoms in total. The zero-order valence-corrected chi connectivity index (χ0v) is 15.5. The summed E-state index contributed by atoms with van der Waals surface area (Å²) < 4.78 is 5.25. The van der Waals surface area contributed by atoms with Gasteiger partial charge in [-0.15, -0.1) is 0 Å². The second kappa shape index (κ2) is 7.73. The first-order valence-corrected chi connectivity index (χ1v) is 9.12. The molecule has 136 valence electrons. The maximum Gasteiger partial charge on any atom is 0.338 e. The minimum atomic E-state index is -0.290. The van der Waals surface area contributed by atoms with Gasteiger partial charge in [-0.25, -0.2) is 4.79 Å². The van der Waals surface area contributed by atoms with Crippen LogP contribution in [0.3, 0.4) is 0 Å². The molecule has 0 heterocycles. The average Bonchev–Trinajstić information content (AvgIpc) is 2.61. The van der Waals surface area contributed by atoms with Crippen LogP contribution in [0.15, 0.2) is 48.5 Å². The summed E-state index contributed by atoms with van der Waals surface area (Å²) in [4.78, 5) is 23.5. The first-order valence-electron chi connectivity index (χ1n) is 9.12. The molecule has 0 radical (unpaired) electrons. The van der Waals surface area contributed by atoms with Gasteiger partial charge in [0.15, 0.2) is 0 Å². The highest BCUT2D eigenvalue weighted by Crippen LogP contribution is 2.41. The van der Waals surface area contributed by atoms with Gasteiger partial charge in [0.2, 0.25) is 5.91 Å². The number of carbonyl (C=O) groups is 2. The first-order chi connectivity index (χ1) is 12.5. The third kappa shape index (κ3) is 3.96. The number of fused-ring (bicyclic) bond motifs is 1. The van der Waals surface area contributed by atoms with E-state index in [9.17, 15) is 9.59 Å². The molecule has 0 fully saturated rings. The summed E-state index contributed by atoms with van der Waals surface area (Å²) in [5.41, 5.74) is 4.18. The molecule has 2 aromatic carbocycles. The molecular formula is C22H25NO3. The van der Waals surface area contributed by atoms with Crippen LogP contribution in [-0.2, 0) is 9.53 Å². The molecule has 1 aliphatic rings. The van der Waals surface area contributed by atoms with Gasteiger partial charge in [0.25, 0.3) is 0 Å². The number of rotatable bonds is 4. The Bertz CT molecular complexity index is 795. The van der Waals surface area contributed by atoms with Crippen LogP contribution in [0.25, 0.3) is 0 Å². The normalized spacial score (nSPS) is 18.9. The predicted molar refractivity (Wildman–Crippen MR) is 101 cm³/mol. The first kappa shape index (κ1) is 18.2. The smallest absolute Gasteiger partial charge is 0.338 e. The van der Waals surface area contributed by atoms with Gasteiger partial charge in [0.05, 0.1) is 17.7 Å². The maximum absolute atomic E-state index is 12.0. The Hall–Kier alpha value is -2.62. The quantitative estimate of drug-likeness (QED) is 0.833. The summed E-state index contributed by atoms with van der Waals surface area (Å²) in [6.45, 7) is 5.25. The molecule has 4 heteroatoms. The molecule has 1 aliphatic carbocycles. The van der Waals surface area contributed by atoms with Crippen LogP contribution in [-0.4, -0.2) is 18.0 Å². The molecule has 0 aromatic heterocycles. The lowest BCUT2D eigenvalue weighted by Gasteiger charge is -2.32. The van der Waals surface area contributed by atoms with Crippen LogP contribution < -0.4 is 5.32 Å². The second-order valence-corrected chi connectivity index (χ2v) is 7.09. The largest absolute Gasteiger partial charge is 0.459 e. The predicted octanol–water partition coefficient (Wildman–Crippen LogP) is 4.35. The molecule has 0 aliphatic heterocycles. The summed E-state index contributed by atoms with van der Waals surface area (Å²) in [6.07, 6.45) is 1.73. The summed E-state index contributed by atoms with van der Waals surface area (Å²) >= 11 is 0. The van der Waals surface area contributed by atoms with Crippen molar-refractivity contribution in [2.75, 3.05) is 0 Å². The highest BCUT2D eigenvalue weighted by Gasteiger charge is 2.28. The van der Waals surface area contributed by atoms with Crippen LogP contribution in [0.2, 0.25) is 0 Å². The number of benzene rings is 2. The van der Waals surface area contributed by atoms with E-state index in [-0.39, 0.29) is 29.9 Å². The van der Waals surface area contributed by atoms with Crippen molar-refractivity contribution in [3.63, 3.8) is 0 Å². The van der Waals surface area contributed by atoms with Gasteiger partial charge >= 0.3 is 5.97 Å². The SMILES string of the molecule is CC(=O)N[C@@H]1CC[C@H](c2ccc(C(=O)OC(C)C)cc2)c2ccccc21. The van der Waals surface area contributed by atoms with Gasteiger partial charge in [-0.2, -0.15) is 0 Å². The minimum absolute atomic E-state index is 0.00345. The molecule has 0 saturated heterocycles. The van der Waals surface area contributed by atoms with Crippen molar-refractivity contribution < 1.29 is 14.3 Å². The fraction of sp³-hybridized carbons (Fsp3) is 0.364. The number of nitrogens with one attached hydrogen (secondary N) is 1. The van der Waals surface area contributed by atoms with Crippen LogP contribution in [0.4, 0.5) is 0 Å². The molecule has 0 unspecified atom stereocenters. The third-order valence-electron chi connectivity index (χ3n) is 4.76. The van der Waals surface area contributed by atoms with Gasteiger partial charge in [0, 0.05) is 12.8 Å². The van der Waals surface area contributed by atoms with Crippen molar-refractivity contribution in [1.82, 2.24) is 5.32 Å². The Kier molecular flexibility index (Phi) is 5.40. The number of hydrogen-bond acceptors (Lipinski definition) is 3. The number of amides is 1. The number of ether oxygens (including phenoxy) is 1. The Balaban J connectivity index is 1.85. The van der Waals surface area contributed by atoms with Crippen LogP contribution in [0, 0.1) is 0 Å². The molecule has 3 rings (SSSR count). The molecule has 2 aromatic rings. The van der Waals surface area contributed by atoms with Crippen molar-refractivity contribution in [1.29, 1.82) is 0 Å². The zero-order valence-electron chi connectivity index (χ0n) is 15.5. The lowest BCUT2D eigenvalue weighted by atomic mass is 9.76. The molecule has 1 N–H and O–H groups in total. The fourth-order valence-electron chi connectivity index (χ4n) is 3.67. The Morgan fingerprint density at radius 3 is 2.27 bits per heavy atom. The van der Waals surface area contributed by atoms with Crippen LogP contribution >= 0.6 is 0 Å². The maximum atomic E-state index is 12.0. The minimum Gasteiger partial charge on any atom is -0.459 e. The highest BCUT2D eigenvalue weighted by atomic mass is 16.5. The number of hydrogen-bond donors (Lipinski definition) is 1. The van der Waals surface area contributed by atoms with Gasteiger partial charge in [-0.05, 0) is 55.5 Å². The van der Waals surface area contributed by atoms with Crippen molar-refractivity contribution in [3.8, 4) is 0 Å². The Morgan fingerprint density at radius 2 is 1.65 bits per heavy atom. The van der Waals surface area contributed by atoms with Gasteiger partial charge in [0.1, 0.15) is 0 Å².